The van der Waals surface area contributed by atoms with Gasteiger partial charge in [-0.15, -0.1) is 11.8 Å². The highest BCUT2D eigenvalue weighted by atomic mass is 35.5. The quantitative estimate of drug-likeness (QED) is 0.864. The van der Waals surface area contributed by atoms with E-state index in [9.17, 15) is 14.4 Å². The summed E-state index contributed by atoms with van der Waals surface area (Å²) in [6, 6.07) is 6.60. The minimum absolute atomic E-state index is 0.268. The number of nitrogens with one attached hydrogen (secondary N) is 1. The molecule has 0 bridgehead atoms. The van der Waals surface area contributed by atoms with Gasteiger partial charge in [0.1, 0.15) is 6.54 Å². The van der Waals surface area contributed by atoms with Gasteiger partial charge in [-0.1, -0.05) is 11.6 Å². The zero-order valence-electron chi connectivity index (χ0n) is 11.6. The summed E-state index contributed by atoms with van der Waals surface area (Å²) < 4.78 is 0. The van der Waals surface area contributed by atoms with Crippen LogP contribution < -0.4 is 5.32 Å². The van der Waals surface area contributed by atoms with Crippen molar-refractivity contribution in [3.05, 3.63) is 29.3 Å². The minimum atomic E-state index is -0.412. The van der Waals surface area contributed by atoms with Crippen molar-refractivity contribution in [2.24, 2.45) is 0 Å². The smallest absolute Gasteiger partial charge is 0.244 e. The summed E-state index contributed by atoms with van der Waals surface area (Å²) in [5, 5.41) is 2.56. The summed E-state index contributed by atoms with van der Waals surface area (Å²) in [7, 11) is 0. The first-order chi connectivity index (χ1) is 9.88. The van der Waals surface area contributed by atoms with E-state index in [1.165, 1.54) is 11.8 Å². The Morgan fingerprint density at radius 1 is 1.19 bits per heavy atom. The largest absolute Gasteiger partial charge is 0.325 e. The van der Waals surface area contributed by atoms with Gasteiger partial charge in [0.25, 0.3) is 0 Å². The van der Waals surface area contributed by atoms with Crippen molar-refractivity contribution < 1.29 is 14.4 Å². The number of nitrogens with zero attached hydrogens (tertiary/aromatic N) is 1. The van der Waals surface area contributed by atoms with Gasteiger partial charge in [-0.2, -0.15) is 0 Å². The zero-order valence-corrected chi connectivity index (χ0v) is 13.2. The molecule has 0 radical (unpaired) electrons. The molecule has 2 rings (SSSR count). The average Bonchev–Trinajstić information content (AvgIpc) is 2.44. The molecule has 0 aliphatic carbocycles. The molecule has 7 heteroatoms. The lowest BCUT2D eigenvalue weighted by Crippen LogP contribution is -2.52. The van der Waals surface area contributed by atoms with E-state index in [1.807, 2.05) is 0 Å². The summed E-state index contributed by atoms with van der Waals surface area (Å²) >= 11 is 7.07. The SMILES string of the molecule is C[C@H]1S[C@H](C)C(=O)N(CC(=O)Nc2ccc(Cl)cc2)C1=O. The molecule has 0 spiro atoms. The number of carbonyl (C=O) groups excluding carboxylic acids is 3. The maximum Gasteiger partial charge on any atom is 0.244 e. The lowest BCUT2D eigenvalue weighted by atomic mass is 10.3. The maximum atomic E-state index is 12.0. The highest BCUT2D eigenvalue weighted by Gasteiger charge is 2.37. The van der Waals surface area contributed by atoms with E-state index < -0.39 is 5.91 Å². The van der Waals surface area contributed by atoms with E-state index in [-0.39, 0.29) is 28.9 Å². The molecule has 1 aromatic carbocycles. The molecule has 0 aromatic heterocycles. The molecule has 0 saturated carbocycles. The third kappa shape index (κ3) is 3.77. The number of halogens is 1. The first kappa shape index (κ1) is 15.9. The van der Waals surface area contributed by atoms with Gasteiger partial charge in [-0.05, 0) is 38.1 Å². The third-order valence-electron chi connectivity index (χ3n) is 3.07. The second-order valence-electron chi connectivity index (χ2n) is 4.74. The normalized spacial score (nSPS) is 22.3. The third-order valence-corrected chi connectivity index (χ3v) is 4.54. The molecule has 5 nitrogen and oxygen atoms in total. The second kappa shape index (κ2) is 6.49. The van der Waals surface area contributed by atoms with Gasteiger partial charge in [-0.25, -0.2) is 0 Å². The topological polar surface area (TPSA) is 66.5 Å². The number of benzene rings is 1. The molecule has 1 aliphatic rings. The molecular formula is C14H15ClN2O3S. The summed E-state index contributed by atoms with van der Waals surface area (Å²) in [5.41, 5.74) is 0.566. The van der Waals surface area contributed by atoms with Crippen LogP contribution in [0.2, 0.25) is 5.02 Å². The standard InChI is InChI=1S/C14H15ClN2O3S/c1-8-13(19)17(14(20)9(2)21-8)7-12(18)16-11-5-3-10(15)4-6-11/h3-6,8-9H,7H2,1-2H3,(H,16,18)/t8-,9-/m1/s1. The van der Waals surface area contributed by atoms with Crippen LogP contribution >= 0.6 is 23.4 Å². The second-order valence-corrected chi connectivity index (χ2v) is 6.86. The van der Waals surface area contributed by atoms with Crippen LogP contribution in [0.3, 0.4) is 0 Å². The predicted octanol–water partition coefficient (Wildman–Crippen LogP) is 2.16. The molecule has 21 heavy (non-hydrogen) atoms. The van der Waals surface area contributed by atoms with Crippen molar-refractivity contribution in [3.63, 3.8) is 0 Å². The molecule has 112 valence electrons. The van der Waals surface area contributed by atoms with Crippen LogP contribution in [0, 0.1) is 0 Å². The summed E-state index contributed by atoms with van der Waals surface area (Å²) in [6.45, 7) is 3.20. The van der Waals surface area contributed by atoms with Crippen LogP contribution in [0.1, 0.15) is 13.8 Å². The molecule has 1 saturated heterocycles. The van der Waals surface area contributed by atoms with E-state index in [0.29, 0.717) is 10.7 Å². The van der Waals surface area contributed by atoms with Gasteiger partial charge in [0, 0.05) is 10.7 Å². The first-order valence-electron chi connectivity index (χ1n) is 6.44. The molecule has 1 fully saturated rings. The first-order valence-corrected chi connectivity index (χ1v) is 7.76. The number of rotatable bonds is 3. The van der Waals surface area contributed by atoms with Gasteiger partial charge >= 0.3 is 0 Å². The van der Waals surface area contributed by atoms with Crippen molar-refractivity contribution in [2.45, 2.75) is 24.3 Å². The van der Waals surface area contributed by atoms with E-state index in [1.54, 1.807) is 38.1 Å². The van der Waals surface area contributed by atoms with Crippen LogP contribution in [-0.4, -0.2) is 39.7 Å². The number of carbonyl (C=O) groups is 3. The van der Waals surface area contributed by atoms with Crippen LogP contribution in [0.4, 0.5) is 5.69 Å². The number of imide groups is 1. The fourth-order valence-corrected chi connectivity index (χ4v) is 3.23. The monoisotopic (exact) mass is 326 g/mol. The molecule has 1 aromatic rings. The molecule has 0 unspecified atom stereocenters. The Morgan fingerprint density at radius 3 is 2.24 bits per heavy atom. The van der Waals surface area contributed by atoms with E-state index >= 15 is 0 Å². The van der Waals surface area contributed by atoms with Gasteiger partial charge < -0.3 is 5.32 Å². The van der Waals surface area contributed by atoms with Crippen molar-refractivity contribution in [1.29, 1.82) is 0 Å². The Balaban J connectivity index is 2.02. The van der Waals surface area contributed by atoms with E-state index in [0.717, 1.165) is 4.90 Å². The molecule has 1 heterocycles. The number of anilines is 1. The highest BCUT2D eigenvalue weighted by molar-refractivity contribution is 8.02. The number of hydrogen-bond acceptors (Lipinski definition) is 4. The Morgan fingerprint density at radius 2 is 1.71 bits per heavy atom. The molecule has 1 N–H and O–H groups in total. The van der Waals surface area contributed by atoms with Crippen molar-refractivity contribution >= 4 is 46.8 Å². The minimum Gasteiger partial charge on any atom is -0.325 e. The highest BCUT2D eigenvalue weighted by Crippen LogP contribution is 2.26. The zero-order chi connectivity index (χ0) is 15.6. The Bertz CT molecular complexity index is 556. The van der Waals surface area contributed by atoms with Crippen molar-refractivity contribution in [3.8, 4) is 0 Å². The van der Waals surface area contributed by atoms with Gasteiger partial charge in [0.15, 0.2) is 0 Å². The Labute approximate surface area is 132 Å². The number of amides is 3. The average molecular weight is 327 g/mol. The van der Waals surface area contributed by atoms with Crippen molar-refractivity contribution in [2.75, 3.05) is 11.9 Å². The van der Waals surface area contributed by atoms with E-state index in [4.69, 9.17) is 11.6 Å². The molecular weight excluding hydrogens is 312 g/mol. The van der Waals surface area contributed by atoms with Crippen LogP contribution in [-0.2, 0) is 14.4 Å². The number of hydrogen-bond donors (Lipinski definition) is 1. The summed E-state index contributed by atoms with van der Waals surface area (Å²) in [4.78, 5) is 37.0. The summed E-state index contributed by atoms with van der Waals surface area (Å²) in [5.74, 6) is -1.06. The Kier molecular flexibility index (Phi) is 4.90. The van der Waals surface area contributed by atoms with Gasteiger partial charge in [0.2, 0.25) is 17.7 Å². The maximum absolute atomic E-state index is 12.0. The van der Waals surface area contributed by atoms with Crippen LogP contribution in [0.25, 0.3) is 0 Å². The van der Waals surface area contributed by atoms with E-state index in [2.05, 4.69) is 5.32 Å². The van der Waals surface area contributed by atoms with Gasteiger partial charge in [-0.3, -0.25) is 19.3 Å². The summed E-state index contributed by atoms with van der Waals surface area (Å²) in [6.07, 6.45) is 0. The predicted molar refractivity (Wildman–Crippen MR) is 83.3 cm³/mol. The van der Waals surface area contributed by atoms with Crippen LogP contribution in [0.15, 0.2) is 24.3 Å². The fourth-order valence-electron chi connectivity index (χ4n) is 2.00. The number of thioether (sulfide) groups is 1. The molecule has 2 atom stereocenters. The molecule has 1 aliphatic heterocycles. The lowest BCUT2D eigenvalue weighted by Gasteiger charge is -2.31. The van der Waals surface area contributed by atoms with Gasteiger partial charge in [0.05, 0.1) is 10.5 Å². The molecule has 3 amide bonds. The Hall–Kier alpha value is -1.53. The lowest BCUT2D eigenvalue weighted by molar-refractivity contribution is -0.147. The van der Waals surface area contributed by atoms with Crippen LogP contribution in [0.5, 0.6) is 0 Å². The van der Waals surface area contributed by atoms with Crippen molar-refractivity contribution in [1.82, 2.24) is 4.90 Å². The fraction of sp³-hybridized carbons (Fsp3) is 0.357.